The number of nitriles is 1. The molecule has 1 aliphatic heterocycles. The summed E-state index contributed by atoms with van der Waals surface area (Å²) in [7, 11) is -3.43. The first-order valence-corrected chi connectivity index (χ1v) is 9.21. The van der Waals surface area contributed by atoms with E-state index in [1.165, 1.54) is 4.31 Å². The predicted molar refractivity (Wildman–Crippen MR) is 88.6 cm³/mol. The van der Waals surface area contributed by atoms with E-state index in [1.54, 1.807) is 48.8 Å². The van der Waals surface area contributed by atoms with Crippen LogP contribution in [0.1, 0.15) is 17.5 Å². The zero-order valence-corrected chi connectivity index (χ0v) is 13.8. The summed E-state index contributed by atoms with van der Waals surface area (Å²) in [5, 5.41) is 8.92. The van der Waals surface area contributed by atoms with Crippen LogP contribution in [0.5, 0.6) is 5.75 Å². The van der Waals surface area contributed by atoms with Gasteiger partial charge in [-0.3, -0.25) is 4.98 Å². The van der Waals surface area contributed by atoms with E-state index in [4.69, 9.17) is 10.00 Å². The highest BCUT2D eigenvalue weighted by molar-refractivity contribution is 7.88. The maximum Gasteiger partial charge on any atom is 0.218 e. The number of nitrogens with zero attached hydrogens (tertiary/aromatic N) is 3. The van der Waals surface area contributed by atoms with Crippen molar-refractivity contribution in [2.75, 3.05) is 13.1 Å². The zero-order chi connectivity index (χ0) is 17.0. The first-order chi connectivity index (χ1) is 11.6. The Hall–Kier alpha value is -2.43. The summed E-state index contributed by atoms with van der Waals surface area (Å²) in [6.07, 6.45) is 3.75. The molecule has 1 fully saturated rings. The van der Waals surface area contributed by atoms with Crippen molar-refractivity contribution < 1.29 is 13.2 Å². The molecular formula is C17H17N3O3S. The molecular weight excluding hydrogens is 326 g/mol. The van der Waals surface area contributed by atoms with Gasteiger partial charge in [0.1, 0.15) is 11.9 Å². The fourth-order valence-corrected chi connectivity index (χ4v) is 4.25. The lowest BCUT2D eigenvalue weighted by Crippen LogP contribution is -2.32. The van der Waals surface area contributed by atoms with Crippen LogP contribution >= 0.6 is 0 Å². The van der Waals surface area contributed by atoms with Crippen molar-refractivity contribution in [3.05, 3.63) is 59.9 Å². The van der Waals surface area contributed by atoms with E-state index in [1.807, 2.05) is 6.07 Å². The minimum Gasteiger partial charge on any atom is -0.487 e. The summed E-state index contributed by atoms with van der Waals surface area (Å²) in [6, 6.07) is 12.3. The standard InChI is InChI=1S/C17H17N3O3S/c18-10-14-3-1-4-15(9-14)13-24(21,22)20-8-6-17(12-20)23-16-5-2-7-19-11-16/h1-5,7,9,11,17H,6,8,12-13H2/t17-/m0/s1. The molecule has 0 radical (unpaired) electrons. The number of hydrogen-bond donors (Lipinski definition) is 0. The smallest absolute Gasteiger partial charge is 0.218 e. The lowest BCUT2D eigenvalue weighted by atomic mass is 10.2. The Bertz CT molecular complexity index is 847. The van der Waals surface area contributed by atoms with Crippen molar-refractivity contribution in [3.8, 4) is 11.8 Å². The van der Waals surface area contributed by atoms with Crippen LogP contribution < -0.4 is 4.74 Å². The van der Waals surface area contributed by atoms with Gasteiger partial charge in [-0.15, -0.1) is 0 Å². The van der Waals surface area contributed by atoms with Gasteiger partial charge in [0.05, 0.1) is 30.1 Å². The molecule has 2 heterocycles. The van der Waals surface area contributed by atoms with E-state index in [9.17, 15) is 8.42 Å². The SMILES string of the molecule is N#Cc1cccc(CS(=O)(=O)N2CC[C@H](Oc3cccnc3)C2)c1. The first-order valence-electron chi connectivity index (χ1n) is 7.60. The number of rotatable bonds is 5. The van der Waals surface area contributed by atoms with Crippen LogP contribution in [-0.4, -0.2) is 36.9 Å². The van der Waals surface area contributed by atoms with Gasteiger partial charge in [0.2, 0.25) is 10.0 Å². The highest BCUT2D eigenvalue weighted by Crippen LogP contribution is 2.22. The fourth-order valence-electron chi connectivity index (χ4n) is 2.69. The highest BCUT2D eigenvalue weighted by atomic mass is 32.2. The molecule has 1 atom stereocenters. The summed E-state index contributed by atoms with van der Waals surface area (Å²) < 4.78 is 32.4. The van der Waals surface area contributed by atoms with Gasteiger partial charge < -0.3 is 4.74 Å². The van der Waals surface area contributed by atoms with Gasteiger partial charge in [-0.2, -0.15) is 9.57 Å². The van der Waals surface area contributed by atoms with Crippen LogP contribution in [0.3, 0.4) is 0 Å². The third kappa shape index (κ3) is 3.91. The van der Waals surface area contributed by atoms with Gasteiger partial charge in [-0.05, 0) is 36.2 Å². The predicted octanol–water partition coefficient (Wildman–Crippen LogP) is 1.94. The second kappa shape index (κ2) is 6.99. The molecule has 0 aliphatic carbocycles. The van der Waals surface area contributed by atoms with Crippen molar-refractivity contribution in [1.29, 1.82) is 5.26 Å². The lowest BCUT2D eigenvalue weighted by molar-refractivity contribution is 0.214. The lowest BCUT2D eigenvalue weighted by Gasteiger charge is -2.17. The van der Waals surface area contributed by atoms with Crippen molar-refractivity contribution in [2.24, 2.45) is 0 Å². The molecule has 0 N–H and O–H groups in total. The molecule has 1 aromatic heterocycles. The Balaban J connectivity index is 1.64. The largest absolute Gasteiger partial charge is 0.487 e. The molecule has 7 heteroatoms. The molecule has 3 rings (SSSR count). The molecule has 0 unspecified atom stereocenters. The molecule has 1 saturated heterocycles. The van der Waals surface area contributed by atoms with Gasteiger partial charge in [0, 0.05) is 12.7 Å². The molecule has 124 valence electrons. The second-order valence-electron chi connectivity index (χ2n) is 5.64. The Morgan fingerprint density at radius 3 is 2.96 bits per heavy atom. The molecule has 2 aromatic rings. The van der Waals surface area contributed by atoms with E-state index < -0.39 is 10.0 Å². The summed E-state index contributed by atoms with van der Waals surface area (Å²) in [6.45, 7) is 0.764. The number of hydrogen-bond acceptors (Lipinski definition) is 5. The van der Waals surface area contributed by atoms with Gasteiger partial charge in [-0.25, -0.2) is 8.42 Å². The van der Waals surface area contributed by atoms with Crippen LogP contribution in [-0.2, 0) is 15.8 Å². The molecule has 6 nitrogen and oxygen atoms in total. The highest BCUT2D eigenvalue weighted by Gasteiger charge is 2.32. The van der Waals surface area contributed by atoms with Crippen molar-refractivity contribution in [3.63, 3.8) is 0 Å². The molecule has 0 bridgehead atoms. The number of pyridine rings is 1. The molecule has 0 spiro atoms. The number of aromatic nitrogens is 1. The third-order valence-corrected chi connectivity index (χ3v) is 5.66. The Labute approximate surface area is 141 Å². The molecule has 1 aliphatic rings. The average molecular weight is 343 g/mol. The maximum atomic E-state index is 12.6. The van der Waals surface area contributed by atoms with Gasteiger partial charge in [0.25, 0.3) is 0 Å². The van der Waals surface area contributed by atoms with Crippen LogP contribution in [0.4, 0.5) is 0 Å². The molecule has 0 saturated carbocycles. The average Bonchev–Trinajstić information content (AvgIpc) is 3.05. The number of sulfonamides is 1. The van der Waals surface area contributed by atoms with Crippen molar-refractivity contribution in [2.45, 2.75) is 18.3 Å². The Morgan fingerprint density at radius 2 is 2.21 bits per heavy atom. The minimum atomic E-state index is -3.43. The number of benzene rings is 1. The normalized spacial score (nSPS) is 18.2. The topological polar surface area (TPSA) is 83.3 Å². The Morgan fingerprint density at radius 1 is 1.33 bits per heavy atom. The monoisotopic (exact) mass is 343 g/mol. The minimum absolute atomic E-state index is 0.109. The molecule has 0 amide bonds. The van der Waals surface area contributed by atoms with E-state index in [0.29, 0.717) is 36.4 Å². The van der Waals surface area contributed by atoms with E-state index in [-0.39, 0.29) is 11.9 Å². The van der Waals surface area contributed by atoms with Gasteiger partial charge in [0.15, 0.2) is 0 Å². The summed E-state index contributed by atoms with van der Waals surface area (Å²) in [4.78, 5) is 3.98. The number of ether oxygens (including phenoxy) is 1. The van der Waals surface area contributed by atoms with E-state index in [0.717, 1.165) is 0 Å². The summed E-state index contributed by atoms with van der Waals surface area (Å²) in [5.74, 6) is 0.533. The van der Waals surface area contributed by atoms with Crippen LogP contribution in [0.15, 0.2) is 48.8 Å². The summed E-state index contributed by atoms with van der Waals surface area (Å²) in [5.41, 5.74) is 1.08. The summed E-state index contributed by atoms with van der Waals surface area (Å²) >= 11 is 0. The fraction of sp³-hybridized carbons (Fsp3) is 0.294. The third-order valence-electron chi connectivity index (χ3n) is 3.84. The van der Waals surface area contributed by atoms with Crippen molar-refractivity contribution >= 4 is 10.0 Å². The zero-order valence-electron chi connectivity index (χ0n) is 13.0. The maximum absolute atomic E-state index is 12.6. The van der Waals surface area contributed by atoms with Crippen LogP contribution in [0, 0.1) is 11.3 Å². The van der Waals surface area contributed by atoms with Crippen molar-refractivity contribution in [1.82, 2.24) is 9.29 Å². The Kier molecular flexibility index (Phi) is 4.79. The quantitative estimate of drug-likeness (QED) is 0.828. The molecule has 24 heavy (non-hydrogen) atoms. The van der Waals surface area contributed by atoms with Crippen LogP contribution in [0.25, 0.3) is 0 Å². The molecule has 1 aromatic carbocycles. The van der Waals surface area contributed by atoms with E-state index in [2.05, 4.69) is 4.98 Å². The second-order valence-corrected chi connectivity index (χ2v) is 7.61. The van der Waals surface area contributed by atoms with Crippen LogP contribution in [0.2, 0.25) is 0 Å². The first kappa shape index (κ1) is 16.4. The van der Waals surface area contributed by atoms with E-state index >= 15 is 0 Å². The van der Waals surface area contributed by atoms with Gasteiger partial charge in [-0.1, -0.05) is 12.1 Å². The van der Waals surface area contributed by atoms with Gasteiger partial charge >= 0.3 is 0 Å².